The molecule has 10 heteroatoms. The summed E-state index contributed by atoms with van der Waals surface area (Å²) >= 11 is 3.26. The van der Waals surface area contributed by atoms with E-state index >= 15 is 0 Å². The lowest BCUT2D eigenvalue weighted by Crippen LogP contribution is -2.51. The maximum atomic E-state index is 12.3. The van der Waals surface area contributed by atoms with Crippen LogP contribution in [0.4, 0.5) is 5.95 Å². The highest BCUT2D eigenvalue weighted by molar-refractivity contribution is 9.10. The number of hydrogen-bond donors (Lipinski definition) is 1. The predicted octanol–water partition coefficient (Wildman–Crippen LogP) is 0.866. The van der Waals surface area contributed by atoms with Crippen molar-refractivity contribution in [3.05, 3.63) is 47.2 Å². The summed E-state index contributed by atoms with van der Waals surface area (Å²) < 4.78 is 27.6. The molecule has 1 amide bonds. The summed E-state index contributed by atoms with van der Waals surface area (Å²) in [6.45, 7) is 1.94. The lowest BCUT2D eigenvalue weighted by atomic mass is 10.3. The molecule has 1 aromatic heterocycles. The Balaban J connectivity index is 1.52. The third-order valence-corrected chi connectivity index (χ3v) is 5.95. The van der Waals surface area contributed by atoms with Crippen LogP contribution in [0.5, 0.6) is 0 Å². The molecule has 1 aliphatic heterocycles. The molecule has 138 valence electrons. The zero-order valence-electron chi connectivity index (χ0n) is 13.9. The van der Waals surface area contributed by atoms with Gasteiger partial charge in [0.15, 0.2) is 0 Å². The molecule has 0 bridgehead atoms. The minimum absolute atomic E-state index is 0.125. The molecular formula is C16H18BrN5O3S. The number of nitrogens with zero attached hydrogens (tertiary/aromatic N) is 4. The van der Waals surface area contributed by atoms with Crippen molar-refractivity contribution >= 4 is 37.8 Å². The number of anilines is 1. The van der Waals surface area contributed by atoms with Crippen LogP contribution in [0.15, 0.2) is 52.1 Å². The molecule has 1 saturated heterocycles. The van der Waals surface area contributed by atoms with Crippen molar-refractivity contribution in [1.29, 1.82) is 0 Å². The van der Waals surface area contributed by atoms with Gasteiger partial charge in [-0.15, -0.1) is 0 Å². The third-order valence-electron chi connectivity index (χ3n) is 4.00. The van der Waals surface area contributed by atoms with Crippen LogP contribution in [-0.2, 0) is 14.8 Å². The van der Waals surface area contributed by atoms with Crippen molar-refractivity contribution in [2.24, 2.45) is 0 Å². The monoisotopic (exact) mass is 439 g/mol. The molecule has 0 radical (unpaired) electrons. The van der Waals surface area contributed by atoms with E-state index in [0.717, 1.165) is 4.47 Å². The van der Waals surface area contributed by atoms with Crippen molar-refractivity contribution in [1.82, 2.24) is 19.6 Å². The van der Waals surface area contributed by atoms with Crippen LogP contribution < -0.4 is 9.62 Å². The van der Waals surface area contributed by atoms with E-state index in [1.165, 1.54) is 12.1 Å². The number of sulfonamides is 1. The molecule has 0 atom stereocenters. The number of rotatable bonds is 5. The average molecular weight is 440 g/mol. The zero-order valence-corrected chi connectivity index (χ0v) is 16.3. The van der Waals surface area contributed by atoms with Gasteiger partial charge in [-0.1, -0.05) is 15.9 Å². The Bertz CT molecular complexity index is 853. The Morgan fingerprint density at radius 1 is 1.08 bits per heavy atom. The van der Waals surface area contributed by atoms with E-state index in [1.807, 2.05) is 4.90 Å². The summed E-state index contributed by atoms with van der Waals surface area (Å²) in [4.78, 5) is 24.5. The van der Waals surface area contributed by atoms with E-state index in [1.54, 1.807) is 35.5 Å². The minimum Gasteiger partial charge on any atom is -0.338 e. The average Bonchev–Trinajstić information content (AvgIpc) is 2.67. The first kappa shape index (κ1) is 18.7. The fourth-order valence-electron chi connectivity index (χ4n) is 2.58. The molecule has 2 aromatic rings. The smallest absolute Gasteiger partial charge is 0.241 e. The van der Waals surface area contributed by atoms with Crippen LogP contribution in [0.3, 0.4) is 0 Å². The van der Waals surface area contributed by atoms with Crippen molar-refractivity contribution in [3.63, 3.8) is 0 Å². The van der Waals surface area contributed by atoms with Crippen LogP contribution in [0, 0.1) is 0 Å². The molecule has 8 nitrogen and oxygen atoms in total. The number of hydrogen-bond acceptors (Lipinski definition) is 6. The third kappa shape index (κ3) is 4.57. The summed E-state index contributed by atoms with van der Waals surface area (Å²) in [6.07, 6.45) is 3.35. The molecule has 0 saturated carbocycles. The van der Waals surface area contributed by atoms with Crippen molar-refractivity contribution < 1.29 is 13.2 Å². The van der Waals surface area contributed by atoms with E-state index in [9.17, 15) is 13.2 Å². The molecular weight excluding hydrogens is 422 g/mol. The Hall–Kier alpha value is -2.04. The highest BCUT2D eigenvalue weighted by atomic mass is 79.9. The predicted molar refractivity (Wildman–Crippen MR) is 100 cm³/mol. The van der Waals surface area contributed by atoms with Gasteiger partial charge in [-0.2, -0.15) is 0 Å². The van der Waals surface area contributed by atoms with Crippen LogP contribution >= 0.6 is 15.9 Å². The molecule has 2 heterocycles. The van der Waals surface area contributed by atoms with Crippen molar-refractivity contribution in [2.45, 2.75) is 4.90 Å². The summed E-state index contributed by atoms with van der Waals surface area (Å²) in [5.41, 5.74) is 0. The largest absolute Gasteiger partial charge is 0.338 e. The van der Waals surface area contributed by atoms with Crippen molar-refractivity contribution in [3.8, 4) is 0 Å². The SMILES string of the molecule is O=C(CNS(=O)(=O)c1ccc(Br)cc1)N1CCN(c2ncccn2)CC1. The standard InChI is InChI=1S/C16H18BrN5O3S/c17-13-2-4-14(5-3-13)26(24,25)20-12-15(23)21-8-10-22(11-9-21)16-18-6-1-7-19-16/h1-7,20H,8-12H2. The number of nitrogens with one attached hydrogen (secondary N) is 1. The number of carbonyl (C=O) groups excluding carboxylic acids is 1. The van der Waals surface area contributed by atoms with E-state index in [2.05, 4.69) is 30.6 Å². The number of carbonyl (C=O) groups is 1. The van der Waals surface area contributed by atoms with Crippen LogP contribution in [0.1, 0.15) is 0 Å². The number of piperazine rings is 1. The molecule has 0 unspecified atom stereocenters. The van der Waals surface area contributed by atoms with Crippen molar-refractivity contribution in [2.75, 3.05) is 37.6 Å². The second-order valence-electron chi connectivity index (χ2n) is 5.70. The van der Waals surface area contributed by atoms with Gasteiger partial charge < -0.3 is 9.80 Å². The summed E-state index contributed by atoms with van der Waals surface area (Å²) in [6, 6.07) is 7.99. The normalized spacial score (nSPS) is 15.1. The molecule has 1 fully saturated rings. The number of benzene rings is 1. The van der Waals surface area contributed by atoms with Gasteiger partial charge in [0.25, 0.3) is 0 Å². The minimum atomic E-state index is -3.71. The molecule has 26 heavy (non-hydrogen) atoms. The summed E-state index contributed by atoms with van der Waals surface area (Å²) in [7, 11) is -3.71. The first-order valence-electron chi connectivity index (χ1n) is 8.01. The summed E-state index contributed by atoms with van der Waals surface area (Å²) in [5.74, 6) is 0.384. The summed E-state index contributed by atoms with van der Waals surface area (Å²) in [5, 5.41) is 0. The Morgan fingerprint density at radius 2 is 1.69 bits per heavy atom. The second kappa shape index (κ2) is 8.11. The second-order valence-corrected chi connectivity index (χ2v) is 8.38. The van der Waals surface area contributed by atoms with Crippen LogP contribution in [0.2, 0.25) is 0 Å². The van der Waals surface area contributed by atoms with Gasteiger partial charge in [0.1, 0.15) is 0 Å². The van der Waals surface area contributed by atoms with E-state index in [-0.39, 0.29) is 17.3 Å². The fourth-order valence-corrected chi connectivity index (χ4v) is 3.81. The van der Waals surface area contributed by atoms with Gasteiger partial charge in [0.05, 0.1) is 11.4 Å². The Morgan fingerprint density at radius 3 is 2.31 bits per heavy atom. The highest BCUT2D eigenvalue weighted by Crippen LogP contribution is 2.14. The van der Waals surface area contributed by atoms with Crippen LogP contribution in [0.25, 0.3) is 0 Å². The van der Waals surface area contributed by atoms with E-state index < -0.39 is 10.0 Å². The highest BCUT2D eigenvalue weighted by Gasteiger charge is 2.24. The number of amides is 1. The molecule has 1 aliphatic rings. The maximum Gasteiger partial charge on any atom is 0.241 e. The van der Waals surface area contributed by atoms with Gasteiger partial charge in [-0.3, -0.25) is 4.79 Å². The lowest BCUT2D eigenvalue weighted by Gasteiger charge is -2.34. The first-order valence-corrected chi connectivity index (χ1v) is 10.3. The fraction of sp³-hybridized carbons (Fsp3) is 0.312. The van der Waals surface area contributed by atoms with Crippen LogP contribution in [-0.4, -0.2) is 61.9 Å². The molecule has 0 aliphatic carbocycles. The van der Waals surface area contributed by atoms with Gasteiger partial charge >= 0.3 is 0 Å². The van der Waals surface area contributed by atoms with Gasteiger partial charge in [0.2, 0.25) is 21.9 Å². The van der Waals surface area contributed by atoms with Gasteiger partial charge in [0, 0.05) is 43.0 Å². The lowest BCUT2D eigenvalue weighted by molar-refractivity contribution is -0.130. The molecule has 0 spiro atoms. The molecule has 1 N–H and O–H groups in total. The number of halogens is 1. The first-order chi connectivity index (χ1) is 12.5. The molecule has 3 rings (SSSR count). The van der Waals surface area contributed by atoms with E-state index in [4.69, 9.17) is 0 Å². The van der Waals surface area contributed by atoms with Gasteiger partial charge in [-0.05, 0) is 30.3 Å². The van der Waals surface area contributed by atoms with Gasteiger partial charge in [-0.25, -0.2) is 23.1 Å². The zero-order chi connectivity index (χ0) is 18.6. The maximum absolute atomic E-state index is 12.3. The Labute approximate surface area is 160 Å². The molecule has 1 aromatic carbocycles. The Kier molecular flexibility index (Phi) is 5.84. The topological polar surface area (TPSA) is 95.5 Å². The quantitative estimate of drug-likeness (QED) is 0.742. The number of aromatic nitrogens is 2. The van der Waals surface area contributed by atoms with E-state index in [0.29, 0.717) is 32.1 Å².